The van der Waals surface area contributed by atoms with Crippen molar-refractivity contribution in [2.45, 2.75) is 0 Å². The average Bonchev–Trinajstić information content (AvgIpc) is 2.66. The Labute approximate surface area is 86.3 Å². The molecular formula is C8H4BrN3S. The number of rotatable bonds is 0. The zero-order valence-electron chi connectivity index (χ0n) is 6.44. The van der Waals surface area contributed by atoms with Crippen LogP contribution in [0.2, 0.25) is 0 Å². The van der Waals surface area contributed by atoms with E-state index < -0.39 is 0 Å². The molecule has 13 heavy (non-hydrogen) atoms. The monoisotopic (exact) mass is 253 g/mol. The maximum Gasteiger partial charge on any atom is 0.214 e. The molecule has 0 aliphatic rings. The molecule has 0 aliphatic carbocycles. The highest BCUT2D eigenvalue weighted by Gasteiger charge is 2.08. The molecule has 2 heterocycles. The Bertz CT molecular complexity index is 583. The van der Waals surface area contributed by atoms with Gasteiger partial charge in [0.25, 0.3) is 0 Å². The van der Waals surface area contributed by atoms with Crippen molar-refractivity contribution in [1.29, 1.82) is 0 Å². The van der Waals surface area contributed by atoms with Crippen LogP contribution in [0.15, 0.2) is 29.0 Å². The van der Waals surface area contributed by atoms with Crippen LogP contribution in [0.25, 0.3) is 16.0 Å². The smallest absolute Gasteiger partial charge is 0.214 e. The fraction of sp³-hybridized carbons (Fsp3) is 0. The third-order valence-corrected chi connectivity index (χ3v) is 3.39. The summed E-state index contributed by atoms with van der Waals surface area (Å²) in [5, 5.41) is 0. The van der Waals surface area contributed by atoms with Crippen LogP contribution >= 0.6 is 27.5 Å². The predicted molar refractivity (Wildman–Crippen MR) is 56.1 cm³/mol. The van der Waals surface area contributed by atoms with Gasteiger partial charge < -0.3 is 0 Å². The van der Waals surface area contributed by atoms with Crippen molar-refractivity contribution in [3.63, 3.8) is 0 Å². The van der Waals surface area contributed by atoms with Gasteiger partial charge in [0.15, 0.2) is 4.73 Å². The molecule has 0 bridgehead atoms. The number of nitrogens with zero attached hydrogens (tertiary/aromatic N) is 3. The van der Waals surface area contributed by atoms with Crippen LogP contribution in [0.4, 0.5) is 0 Å². The molecule has 3 rings (SSSR count). The average molecular weight is 254 g/mol. The molecular weight excluding hydrogens is 250 g/mol. The quantitative estimate of drug-likeness (QED) is 0.617. The largest absolute Gasteiger partial charge is 0.260 e. The summed E-state index contributed by atoms with van der Waals surface area (Å²) >= 11 is 4.78. The Balaban J connectivity index is 2.66. The van der Waals surface area contributed by atoms with Gasteiger partial charge in [0.05, 0.1) is 11.0 Å². The summed E-state index contributed by atoms with van der Waals surface area (Å²) in [5.41, 5.74) is 2.11. The molecule has 0 saturated heterocycles. The van der Waals surface area contributed by atoms with Gasteiger partial charge in [-0.1, -0.05) is 12.1 Å². The van der Waals surface area contributed by atoms with Gasteiger partial charge in [-0.15, -0.1) is 0 Å². The van der Waals surface area contributed by atoms with Crippen LogP contribution in [-0.4, -0.2) is 13.8 Å². The highest BCUT2D eigenvalue weighted by atomic mass is 79.9. The molecule has 0 atom stereocenters. The van der Waals surface area contributed by atoms with E-state index in [0.717, 1.165) is 20.7 Å². The Morgan fingerprint density at radius 1 is 1.31 bits per heavy atom. The van der Waals surface area contributed by atoms with Gasteiger partial charge in [0, 0.05) is 11.5 Å². The minimum absolute atomic E-state index is 0.821. The standard InChI is InChI=1S/C8H4BrN3S/c9-7-11-13-8-10-5-3-1-2-4-6(5)12(7)8/h1-4H. The first kappa shape index (κ1) is 7.46. The fourth-order valence-corrected chi connectivity index (χ4v) is 2.70. The molecule has 0 saturated carbocycles. The van der Waals surface area contributed by atoms with Crippen molar-refractivity contribution in [3.05, 3.63) is 29.0 Å². The number of fused-ring (bicyclic) bond motifs is 3. The number of aromatic nitrogens is 3. The number of benzene rings is 1. The van der Waals surface area contributed by atoms with E-state index in [1.807, 2.05) is 28.7 Å². The molecule has 2 aromatic heterocycles. The Hall–Kier alpha value is -0.940. The van der Waals surface area contributed by atoms with Gasteiger partial charge in [-0.25, -0.2) is 4.98 Å². The number of para-hydroxylation sites is 2. The fourth-order valence-electron chi connectivity index (χ4n) is 1.36. The van der Waals surface area contributed by atoms with E-state index in [1.54, 1.807) is 0 Å². The van der Waals surface area contributed by atoms with Crippen molar-refractivity contribution in [2.24, 2.45) is 0 Å². The molecule has 0 fully saturated rings. The van der Waals surface area contributed by atoms with Gasteiger partial charge in [0.2, 0.25) is 4.96 Å². The number of hydrogen-bond donors (Lipinski definition) is 0. The second kappa shape index (κ2) is 2.52. The molecule has 1 aromatic carbocycles. The SMILES string of the molecule is Brc1nsc2nc3ccccc3n12. The van der Waals surface area contributed by atoms with Crippen molar-refractivity contribution in [2.75, 3.05) is 0 Å². The summed E-state index contributed by atoms with van der Waals surface area (Å²) in [6.45, 7) is 0. The molecule has 0 radical (unpaired) electrons. The first-order valence-corrected chi connectivity index (χ1v) is 5.31. The van der Waals surface area contributed by atoms with Crippen molar-refractivity contribution >= 4 is 43.5 Å². The van der Waals surface area contributed by atoms with Crippen molar-refractivity contribution in [1.82, 2.24) is 13.8 Å². The van der Waals surface area contributed by atoms with E-state index in [-0.39, 0.29) is 0 Å². The summed E-state index contributed by atoms with van der Waals surface area (Å²) in [7, 11) is 0. The summed E-state index contributed by atoms with van der Waals surface area (Å²) < 4.78 is 6.99. The van der Waals surface area contributed by atoms with Gasteiger partial charge in [0.1, 0.15) is 0 Å². The summed E-state index contributed by atoms with van der Waals surface area (Å²) in [6, 6.07) is 8.03. The second-order valence-corrected chi connectivity index (χ2v) is 4.11. The zero-order chi connectivity index (χ0) is 8.84. The van der Waals surface area contributed by atoms with Gasteiger partial charge >= 0.3 is 0 Å². The number of hydrogen-bond acceptors (Lipinski definition) is 3. The van der Waals surface area contributed by atoms with Crippen LogP contribution in [0.3, 0.4) is 0 Å². The van der Waals surface area contributed by atoms with Crippen LogP contribution < -0.4 is 0 Å². The molecule has 0 unspecified atom stereocenters. The predicted octanol–water partition coefficient (Wildman–Crippen LogP) is 2.71. The van der Waals surface area contributed by atoms with Crippen LogP contribution in [0.5, 0.6) is 0 Å². The molecule has 5 heteroatoms. The molecule has 0 spiro atoms. The molecule has 64 valence electrons. The molecule has 0 amide bonds. The number of imidazole rings is 1. The molecule has 3 nitrogen and oxygen atoms in total. The highest BCUT2D eigenvalue weighted by molar-refractivity contribution is 9.10. The summed E-state index contributed by atoms with van der Waals surface area (Å²) in [6.07, 6.45) is 0. The maximum atomic E-state index is 4.42. The van der Waals surface area contributed by atoms with E-state index in [4.69, 9.17) is 0 Å². The van der Waals surface area contributed by atoms with Gasteiger partial charge in [-0.3, -0.25) is 4.40 Å². The first-order chi connectivity index (χ1) is 6.36. The molecule has 3 aromatic rings. The lowest BCUT2D eigenvalue weighted by Gasteiger charge is -1.88. The minimum atomic E-state index is 0.821. The molecule has 0 N–H and O–H groups in total. The van der Waals surface area contributed by atoms with E-state index in [2.05, 4.69) is 25.3 Å². The second-order valence-electron chi connectivity index (χ2n) is 2.67. The third kappa shape index (κ3) is 0.941. The highest BCUT2D eigenvalue weighted by Crippen LogP contribution is 2.23. The van der Waals surface area contributed by atoms with E-state index in [0.29, 0.717) is 0 Å². The Kier molecular flexibility index (Phi) is 1.45. The van der Waals surface area contributed by atoms with Gasteiger partial charge in [-0.2, -0.15) is 4.37 Å². The normalized spacial score (nSPS) is 11.5. The topological polar surface area (TPSA) is 30.2 Å². The van der Waals surface area contributed by atoms with Crippen molar-refractivity contribution < 1.29 is 0 Å². The zero-order valence-corrected chi connectivity index (χ0v) is 8.84. The van der Waals surface area contributed by atoms with Crippen molar-refractivity contribution in [3.8, 4) is 0 Å². The van der Waals surface area contributed by atoms with Crippen LogP contribution in [0.1, 0.15) is 0 Å². The van der Waals surface area contributed by atoms with Crippen LogP contribution in [0, 0.1) is 0 Å². The maximum absolute atomic E-state index is 4.42. The third-order valence-electron chi connectivity index (χ3n) is 1.92. The minimum Gasteiger partial charge on any atom is -0.260 e. The lowest BCUT2D eigenvalue weighted by Crippen LogP contribution is -1.79. The van der Waals surface area contributed by atoms with E-state index >= 15 is 0 Å². The Morgan fingerprint density at radius 2 is 2.15 bits per heavy atom. The first-order valence-electron chi connectivity index (χ1n) is 3.74. The van der Waals surface area contributed by atoms with E-state index in [1.165, 1.54) is 11.5 Å². The summed E-state index contributed by atoms with van der Waals surface area (Å²) in [4.78, 5) is 5.35. The van der Waals surface area contributed by atoms with Gasteiger partial charge in [-0.05, 0) is 28.1 Å². The molecule has 0 aliphatic heterocycles. The lowest BCUT2D eigenvalue weighted by molar-refractivity contribution is 1.16. The Morgan fingerprint density at radius 3 is 3.08 bits per heavy atom. The number of halogens is 1. The lowest BCUT2D eigenvalue weighted by atomic mass is 10.3. The summed E-state index contributed by atoms with van der Waals surface area (Å²) in [5.74, 6) is 0. The van der Waals surface area contributed by atoms with E-state index in [9.17, 15) is 0 Å². The van der Waals surface area contributed by atoms with Crippen LogP contribution in [-0.2, 0) is 0 Å².